The molecule has 0 bridgehead atoms. The van der Waals surface area contributed by atoms with Crippen LogP contribution in [0.15, 0.2) is 0 Å². The average molecular weight is 185 g/mol. The quantitative estimate of drug-likeness (QED) is 0.539. The summed E-state index contributed by atoms with van der Waals surface area (Å²) in [4.78, 5) is 21.4. The minimum absolute atomic E-state index is 0.119. The van der Waals surface area contributed by atoms with Gasteiger partial charge in [-0.3, -0.25) is 9.59 Å². The third-order valence-corrected chi connectivity index (χ3v) is 3.40. The largest absolute Gasteiger partial charge is 0.481 e. The summed E-state index contributed by atoms with van der Waals surface area (Å²) in [5, 5.41) is 17.6. The topological polar surface area (TPSA) is 101 Å². The van der Waals surface area contributed by atoms with Gasteiger partial charge in [-0.2, -0.15) is 0 Å². The molecule has 13 heavy (non-hydrogen) atoms. The molecule has 0 saturated heterocycles. The Morgan fingerprint density at radius 1 is 1.31 bits per heavy atom. The van der Waals surface area contributed by atoms with Crippen LogP contribution in [-0.4, -0.2) is 27.7 Å². The Morgan fingerprint density at radius 2 is 1.92 bits per heavy atom. The van der Waals surface area contributed by atoms with E-state index in [1.165, 1.54) is 0 Å². The molecule has 0 aromatic carbocycles. The van der Waals surface area contributed by atoms with Gasteiger partial charge < -0.3 is 15.9 Å². The Hall–Kier alpha value is -1.10. The Labute approximate surface area is 74.5 Å². The van der Waals surface area contributed by atoms with Gasteiger partial charge in [0, 0.05) is 5.92 Å². The van der Waals surface area contributed by atoms with Crippen molar-refractivity contribution in [1.82, 2.24) is 0 Å². The van der Waals surface area contributed by atoms with Crippen LogP contribution in [0.4, 0.5) is 0 Å². The van der Waals surface area contributed by atoms with Crippen LogP contribution in [0.25, 0.3) is 0 Å². The molecule has 0 aromatic rings. The SMILES string of the molecule is N[C@]1(C(=O)O)[C@@H]2[C@@H](C(=O)O)CC[C@@H]21. The average Bonchev–Trinajstić information content (AvgIpc) is 2.44. The molecule has 2 saturated carbocycles. The van der Waals surface area contributed by atoms with Gasteiger partial charge in [0.15, 0.2) is 0 Å². The number of rotatable bonds is 2. The highest BCUT2D eigenvalue weighted by molar-refractivity contribution is 5.87. The summed E-state index contributed by atoms with van der Waals surface area (Å²) < 4.78 is 0. The molecule has 0 spiro atoms. The van der Waals surface area contributed by atoms with Crippen molar-refractivity contribution in [2.24, 2.45) is 23.5 Å². The lowest BCUT2D eigenvalue weighted by molar-refractivity contribution is -0.144. The zero-order chi connectivity index (χ0) is 9.80. The lowest BCUT2D eigenvalue weighted by atomic mass is 9.97. The maximum atomic E-state index is 10.7. The highest BCUT2D eigenvalue weighted by atomic mass is 16.4. The Kier molecular flexibility index (Phi) is 1.46. The number of carboxylic acids is 2. The van der Waals surface area contributed by atoms with E-state index in [-0.39, 0.29) is 11.8 Å². The monoisotopic (exact) mass is 185 g/mol. The maximum Gasteiger partial charge on any atom is 0.324 e. The smallest absolute Gasteiger partial charge is 0.324 e. The van der Waals surface area contributed by atoms with Crippen molar-refractivity contribution < 1.29 is 19.8 Å². The van der Waals surface area contributed by atoms with E-state index in [2.05, 4.69) is 0 Å². The van der Waals surface area contributed by atoms with Crippen molar-refractivity contribution in [3.63, 3.8) is 0 Å². The number of hydrogen-bond acceptors (Lipinski definition) is 3. The molecule has 0 unspecified atom stereocenters. The summed E-state index contributed by atoms with van der Waals surface area (Å²) in [6, 6.07) is 0. The van der Waals surface area contributed by atoms with E-state index in [1.807, 2.05) is 0 Å². The molecule has 4 N–H and O–H groups in total. The zero-order valence-electron chi connectivity index (χ0n) is 6.93. The van der Waals surface area contributed by atoms with E-state index >= 15 is 0 Å². The van der Waals surface area contributed by atoms with E-state index in [0.29, 0.717) is 12.8 Å². The summed E-state index contributed by atoms with van der Waals surface area (Å²) in [6.45, 7) is 0. The molecule has 2 rings (SSSR count). The second kappa shape index (κ2) is 2.23. The minimum atomic E-state index is -1.25. The van der Waals surface area contributed by atoms with Crippen LogP contribution in [0.5, 0.6) is 0 Å². The van der Waals surface area contributed by atoms with Crippen molar-refractivity contribution in [3.8, 4) is 0 Å². The number of aliphatic carboxylic acids is 2. The van der Waals surface area contributed by atoms with Gasteiger partial charge in [-0.15, -0.1) is 0 Å². The molecule has 5 heteroatoms. The molecule has 2 fully saturated rings. The molecule has 0 aromatic heterocycles. The molecule has 0 heterocycles. The first kappa shape index (κ1) is 8.50. The summed E-state index contributed by atoms with van der Waals surface area (Å²) in [7, 11) is 0. The molecule has 0 aliphatic heterocycles. The van der Waals surface area contributed by atoms with Gasteiger partial charge in [0.25, 0.3) is 0 Å². The van der Waals surface area contributed by atoms with Crippen LogP contribution in [0, 0.1) is 17.8 Å². The molecular formula is C8H11NO4. The van der Waals surface area contributed by atoms with Gasteiger partial charge in [-0.25, -0.2) is 0 Å². The van der Waals surface area contributed by atoms with Crippen molar-refractivity contribution in [2.75, 3.05) is 0 Å². The second-order valence-corrected chi connectivity index (χ2v) is 3.89. The first-order valence-corrected chi connectivity index (χ1v) is 4.24. The summed E-state index contributed by atoms with van der Waals surface area (Å²) in [5.41, 5.74) is 4.36. The van der Waals surface area contributed by atoms with Crippen molar-refractivity contribution in [2.45, 2.75) is 18.4 Å². The number of carbonyl (C=O) groups is 2. The third-order valence-electron chi connectivity index (χ3n) is 3.40. The van der Waals surface area contributed by atoms with Gasteiger partial charge in [0.1, 0.15) is 5.54 Å². The standard InChI is InChI=1S/C8H11NO4/c9-8(7(12)13)4-2-1-3(5(4)8)6(10)11/h3-5H,1-2,9H2,(H,10,11)(H,12,13)/t3-,4-,5+,8-/m0/s1. The van der Waals surface area contributed by atoms with Gasteiger partial charge in [-0.1, -0.05) is 0 Å². The van der Waals surface area contributed by atoms with Crippen LogP contribution < -0.4 is 5.73 Å². The van der Waals surface area contributed by atoms with E-state index in [0.717, 1.165) is 0 Å². The fraction of sp³-hybridized carbons (Fsp3) is 0.750. The fourth-order valence-corrected chi connectivity index (χ4v) is 2.66. The molecule has 5 nitrogen and oxygen atoms in total. The minimum Gasteiger partial charge on any atom is -0.481 e. The first-order chi connectivity index (χ1) is 5.99. The summed E-state index contributed by atoms with van der Waals surface area (Å²) in [6.07, 6.45) is 1.20. The third kappa shape index (κ3) is 0.848. The number of nitrogens with two attached hydrogens (primary N) is 1. The molecule has 0 amide bonds. The molecule has 2 aliphatic carbocycles. The molecular weight excluding hydrogens is 174 g/mol. The van der Waals surface area contributed by atoms with Gasteiger partial charge in [0.05, 0.1) is 5.92 Å². The molecule has 0 radical (unpaired) electrons. The van der Waals surface area contributed by atoms with E-state index < -0.39 is 23.4 Å². The highest BCUT2D eigenvalue weighted by Gasteiger charge is 2.73. The van der Waals surface area contributed by atoms with Gasteiger partial charge in [-0.05, 0) is 18.8 Å². The first-order valence-electron chi connectivity index (χ1n) is 4.24. The number of carboxylic acid groups (broad SMARTS) is 2. The predicted molar refractivity (Wildman–Crippen MR) is 41.9 cm³/mol. The van der Waals surface area contributed by atoms with Gasteiger partial charge >= 0.3 is 11.9 Å². The normalized spacial score (nSPS) is 47.0. The van der Waals surface area contributed by atoms with Crippen LogP contribution in [-0.2, 0) is 9.59 Å². The number of fused-ring (bicyclic) bond motifs is 1. The number of hydrogen-bond donors (Lipinski definition) is 3. The Morgan fingerprint density at radius 3 is 2.31 bits per heavy atom. The van der Waals surface area contributed by atoms with Crippen LogP contribution in [0.3, 0.4) is 0 Å². The Balaban J connectivity index is 2.19. The van der Waals surface area contributed by atoms with Crippen LogP contribution in [0.2, 0.25) is 0 Å². The summed E-state index contributed by atoms with van der Waals surface area (Å²) in [5.74, 6) is -2.99. The lowest BCUT2D eigenvalue weighted by Crippen LogP contribution is -2.40. The van der Waals surface area contributed by atoms with Crippen LogP contribution in [0.1, 0.15) is 12.8 Å². The maximum absolute atomic E-state index is 10.7. The van der Waals surface area contributed by atoms with E-state index in [1.54, 1.807) is 0 Å². The lowest BCUT2D eigenvalue weighted by Gasteiger charge is -2.13. The zero-order valence-corrected chi connectivity index (χ0v) is 6.93. The summed E-state index contributed by atoms with van der Waals surface area (Å²) >= 11 is 0. The highest BCUT2D eigenvalue weighted by Crippen LogP contribution is 2.61. The molecule has 72 valence electrons. The van der Waals surface area contributed by atoms with E-state index in [9.17, 15) is 9.59 Å². The Bertz CT molecular complexity index is 290. The second-order valence-electron chi connectivity index (χ2n) is 3.89. The molecule has 2 aliphatic rings. The fourth-order valence-electron chi connectivity index (χ4n) is 2.66. The predicted octanol–water partition coefficient (Wildman–Crippen LogP) is -0.491. The van der Waals surface area contributed by atoms with Crippen LogP contribution >= 0.6 is 0 Å². The van der Waals surface area contributed by atoms with Crippen molar-refractivity contribution in [3.05, 3.63) is 0 Å². The van der Waals surface area contributed by atoms with Crippen molar-refractivity contribution in [1.29, 1.82) is 0 Å². The molecule has 4 atom stereocenters. The van der Waals surface area contributed by atoms with Gasteiger partial charge in [0.2, 0.25) is 0 Å². The van der Waals surface area contributed by atoms with Crippen molar-refractivity contribution >= 4 is 11.9 Å². The van der Waals surface area contributed by atoms with E-state index in [4.69, 9.17) is 15.9 Å².